The molecule has 3 aromatic carbocycles. The van der Waals surface area contributed by atoms with Gasteiger partial charge in [0.15, 0.2) is 23.0 Å². The van der Waals surface area contributed by atoms with Gasteiger partial charge in [0.05, 0.1) is 0 Å². The average molecular weight is 466 g/mol. The minimum absolute atomic E-state index is 0.0750. The molecule has 3 aromatic rings. The number of hydrogen-bond donors (Lipinski definition) is 6. The molecule has 0 radical (unpaired) electrons. The van der Waals surface area contributed by atoms with Crippen LogP contribution >= 0.6 is 0 Å². The number of phenolic OH excluding ortho intramolecular Hbond substituents is 5. The molecule has 9 nitrogen and oxygen atoms in total. The van der Waals surface area contributed by atoms with Crippen molar-refractivity contribution in [2.24, 2.45) is 0 Å². The molecule has 0 amide bonds. The third kappa shape index (κ3) is 6.19. The van der Waals surface area contributed by atoms with Crippen LogP contribution in [0.1, 0.15) is 22.3 Å². The lowest BCUT2D eigenvalue weighted by Crippen LogP contribution is -2.29. The van der Waals surface area contributed by atoms with Crippen molar-refractivity contribution in [2.45, 2.75) is 18.9 Å². The summed E-state index contributed by atoms with van der Waals surface area (Å²) in [5.41, 5.74) is 1.97. The first-order valence-corrected chi connectivity index (χ1v) is 10.1. The van der Waals surface area contributed by atoms with Crippen molar-refractivity contribution >= 4 is 18.0 Å². The fraction of sp³-hybridized carbons (Fsp3) is 0.120. The van der Waals surface area contributed by atoms with Gasteiger partial charge < -0.3 is 35.4 Å². The molecular formula is C25H22O9. The van der Waals surface area contributed by atoms with Gasteiger partial charge >= 0.3 is 11.9 Å². The summed E-state index contributed by atoms with van der Waals surface area (Å²) in [7, 11) is 0. The van der Waals surface area contributed by atoms with Crippen molar-refractivity contribution in [2.75, 3.05) is 0 Å². The molecule has 1 atom stereocenters. The fourth-order valence-corrected chi connectivity index (χ4v) is 3.22. The molecule has 0 fully saturated rings. The maximum atomic E-state index is 12.2. The summed E-state index contributed by atoms with van der Waals surface area (Å²) in [5.74, 6) is -3.84. The molecule has 176 valence electrons. The van der Waals surface area contributed by atoms with E-state index in [0.29, 0.717) is 16.7 Å². The van der Waals surface area contributed by atoms with Crippen molar-refractivity contribution < 1.29 is 45.0 Å². The van der Waals surface area contributed by atoms with Crippen LogP contribution in [0.25, 0.3) is 6.08 Å². The second-order valence-electron chi connectivity index (χ2n) is 7.50. The summed E-state index contributed by atoms with van der Waals surface area (Å²) in [6.07, 6.45) is 0.647. The Balaban J connectivity index is 1.78. The number of phenols is 5. The van der Waals surface area contributed by atoms with E-state index < -0.39 is 23.8 Å². The molecule has 0 aliphatic heterocycles. The van der Waals surface area contributed by atoms with Crippen LogP contribution < -0.4 is 0 Å². The highest BCUT2D eigenvalue weighted by Gasteiger charge is 2.24. The zero-order chi connectivity index (χ0) is 24.8. The lowest BCUT2D eigenvalue weighted by Gasteiger charge is -2.17. The number of carboxylic acids is 1. The highest BCUT2D eigenvalue weighted by atomic mass is 16.6. The molecular weight excluding hydrogens is 444 g/mol. The lowest BCUT2D eigenvalue weighted by atomic mass is 9.95. The summed E-state index contributed by atoms with van der Waals surface area (Å²) in [6, 6.07) is 12.7. The number of hydrogen-bond acceptors (Lipinski definition) is 8. The number of ether oxygens (including phenoxy) is 1. The molecule has 0 spiro atoms. The third-order valence-electron chi connectivity index (χ3n) is 4.98. The number of aliphatic carboxylic acids is 1. The van der Waals surface area contributed by atoms with Gasteiger partial charge in [-0.05, 0) is 71.1 Å². The molecule has 0 aliphatic rings. The van der Waals surface area contributed by atoms with Crippen LogP contribution in [0.4, 0.5) is 0 Å². The van der Waals surface area contributed by atoms with E-state index in [-0.39, 0.29) is 35.8 Å². The smallest absolute Gasteiger partial charge is 0.345 e. The van der Waals surface area contributed by atoms with Crippen molar-refractivity contribution in [3.05, 3.63) is 82.9 Å². The quantitative estimate of drug-likeness (QED) is 0.166. The Bertz CT molecular complexity index is 1230. The fourth-order valence-electron chi connectivity index (χ4n) is 3.22. The van der Waals surface area contributed by atoms with E-state index in [2.05, 4.69) is 0 Å². The van der Waals surface area contributed by atoms with Crippen molar-refractivity contribution in [1.82, 2.24) is 0 Å². The van der Waals surface area contributed by atoms with E-state index in [1.165, 1.54) is 48.5 Å². The van der Waals surface area contributed by atoms with Gasteiger partial charge in [0.1, 0.15) is 5.75 Å². The highest BCUT2D eigenvalue weighted by Crippen LogP contribution is 2.31. The summed E-state index contributed by atoms with van der Waals surface area (Å²) in [5, 5.41) is 57.7. The maximum absolute atomic E-state index is 12.2. The Morgan fingerprint density at radius 3 is 2.03 bits per heavy atom. The SMILES string of the molecule is O=C(C=Cc1ccc(O)c(O)c1)OC(Cc1cc(O)c(O)cc1Cc1ccc(O)cc1)C(=O)O. The van der Waals surface area contributed by atoms with Crippen LogP contribution in [0.2, 0.25) is 0 Å². The zero-order valence-electron chi connectivity index (χ0n) is 17.8. The number of aromatic hydroxyl groups is 5. The van der Waals surface area contributed by atoms with Gasteiger partial charge in [-0.15, -0.1) is 0 Å². The van der Waals surface area contributed by atoms with Gasteiger partial charge in [0, 0.05) is 12.5 Å². The first kappa shape index (κ1) is 24.0. The van der Waals surface area contributed by atoms with Gasteiger partial charge in [0.25, 0.3) is 0 Å². The molecule has 6 N–H and O–H groups in total. The number of esters is 1. The van der Waals surface area contributed by atoms with E-state index in [4.69, 9.17) is 4.74 Å². The zero-order valence-corrected chi connectivity index (χ0v) is 17.8. The van der Waals surface area contributed by atoms with Crippen LogP contribution in [-0.2, 0) is 27.2 Å². The molecule has 9 heteroatoms. The first-order valence-electron chi connectivity index (χ1n) is 10.1. The summed E-state index contributed by atoms with van der Waals surface area (Å²) >= 11 is 0. The van der Waals surface area contributed by atoms with Crippen LogP contribution in [-0.4, -0.2) is 48.7 Å². The summed E-state index contributed by atoms with van der Waals surface area (Å²) < 4.78 is 5.07. The normalized spacial score (nSPS) is 11.9. The maximum Gasteiger partial charge on any atom is 0.345 e. The Hall–Kier alpha value is -4.66. The number of carboxylic acid groups (broad SMARTS) is 1. The standard InChI is InChI=1S/C25H22O9/c26-18-5-1-14(2-6-18)9-16-11-21(29)22(30)12-17(16)13-23(25(32)33)34-24(31)8-4-15-3-7-19(27)20(28)10-15/h1-8,10-12,23,26-30H,9,13H2,(H,32,33). The molecule has 0 saturated heterocycles. The topological polar surface area (TPSA) is 165 Å². The second kappa shape index (κ2) is 10.3. The highest BCUT2D eigenvalue weighted by molar-refractivity contribution is 5.89. The largest absolute Gasteiger partial charge is 0.508 e. The second-order valence-corrected chi connectivity index (χ2v) is 7.50. The van der Waals surface area contributed by atoms with E-state index in [0.717, 1.165) is 11.6 Å². The van der Waals surface area contributed by atoms with Gasteiger partial charge in [-0.3, -0.25) is 0 Å². The molecule has 34 heavy (non-hydrogen) atoms. The summed E-state index contributed by atoms with van der Waals surface area (Å²) in [6.45, 7) is 0. The predicted molar refractivity (Wildman–Crippen MR) is 121 cm³/mol. The molecule has 0 aliphatic carbocycles. The van der Waals surface area contributed by atoms with Crippen LogP contribution in [0.3, 0.4) is 0 Å². The van der Waals surface area contributed by atoms with Gasteiger partial charge in [-0.2, -0.15) is 0 Å². The monoisotopic (exact) mass is 466 g/mol. The number of rotatable bonds is 8. The molecule has 0 heterocycles. The Labute approximate surface area is 194 Å². The van der Waals surface area contributed by atoms with Crippen LogP contribution in [0, 0.1) is 0 Å². The first-order chi connectivity index (χ1) is 16.1. The minimum atomic E-state index is -1.59. The third-order valence-corrected chi connectivity index (χ3v) is 4.98. The predicted octanol–water partition coefficient (Wildman–Crippen LogP) is 3.06. The molecule has 0 bridgehead atoms. The van der Waals surface area contributed by atoms with Crippen molar-refractivity contribution in [3.8, 4) is 28.7 Å². The average Bonchev–Trinajstić information content (AvgIpc) is 2.78. The van der Waals surface area contributed by atoms with E-state index in [1.54, 1.807) is 12.1 Å². The van der Waals surface area contributed by atoms with E-state index in [1.807, 2.05) is 0 Å². The summed E-state index contributed by atoms with van der Waals surface area (Å²) in [4.78, 5) is 24.0. The Morgan fingerprint density at radius 1 is 0.794 bits per heavy atom. The molecule has 3 rings (SSSR count). The molecule has 1 unspecified atom stereocenters. The minimum Gasteiger partial charge on any atom is -0.508 e. The Kier molecular flexibility index (Phi) is 7.27. The van der Waals surface area contributed by atoms with Gasteiger partial charge in [-0.25, -0.2) is 9.59 Å². The van der Waals surface area contributed by atoms with Gasteiger partial charge in [0.2, 0.25) is 6.10 Å². The van der Waals surface area contributed by atoms with Crippen LogP contribution in [0.5, 0.6) is 28.7 Å². The Morgan fingerprint density at radius 2 is 1.41 bits per heavy atom. The molecule has 0 aromatic heterocycles. The number of carbonyl (C=O) groups is 2. The van der Waals surface area contributed by atoms with Gasteiger partial charge in [-0.1, -0.05) is 18.2 Å². The van der Waals surface area contributed by atoms with Crippen LogP contribution in [0.15, 0.2) is 60.7 Å². The van der Waals surface area contributed by atoms with E-state index >= 15 is 0 Å². The van der Waals surface area contributed by atoms with Crippen molar-refractivity contribution in [1.29, 1.82) is 0 Å². The lowest BCUT2D eigenvalue weighted by molar-refractivity contribution is -0.160. The van der Waals surface area contributed by atoms with Crippen molar-refractivity contribution in [3.63, 3.8) is 0 Å². The number of benzene rings is 3. The number of carbonyl (C=O) groups excluding carboxylic acids is 1. The molecule has 0 saturated carbocycles. The van der Waals surface area contributed by atoms with E-state index in [9.17, 15) is 40.2 Å².